The zero-order chi connectivity index (χ0) is 17.8. The SMILES string of the molecule is Cc1nc(-c2cccnc2)sc1C(=O)/C=C/c1ccccc1[N+](=O)[O-]. The van der Waals surface area contributed by atoms with E-state index < -0.39 is 4.92 Å². The molecule has 0 saturated carbocycles. The number of hydrogen-bond donors (Lipinski definition) is 0. The fraction of sp³-hybridized carbons (Fsp3) is 0.0556. The van der Waals surface area contributed by atoms with E-state index in [1.165, 1.54) is 29.6 Å². The van der Waals surface area contributed by atoms with Gasteiger partial charge in [0.1, 0.15) is 5.01 Å². The summed E-state index contributed by atoms with van der Waals surface area (Å²) in [6.07, 6.45) is 6.17. The van der Waals surface area contributed by atoms with Crippen molar-refractivity contribution < 1.29 is 9.72 Å². The summed E-state index contributed by atoms with van der Waals surface area (Å²) in [5.74, 6) is -0.233. The van der Waals surface area contributed by atoms with Crippen LogP contribution in [-0.2, 0) is 0 Å². The van der Waals surface area contributed by atoms with Gasteiger partial charge in [-0.3, -0.25) is 19.9 Å². The molecule has 1 aromatic carbocycles. The van der Waals surface area contributed by atoms with E-state index in [0.717, 1.165) is 5.56 Å². The van der Waals surface area contributed by atoms with Crippen molar-refractivity contribution in [3.05, 3.63) is 81.1 Å². The summed E-state index contributed by atoms with van der Waals surface area (Å²) in [6.45, 7) is 1.77. The van der Waals surface area contributed by atoms with E-state index in [9.17, 15) is 14.9 Å². The van der Waals surface area contributed by atoms with Crippen molar-refractivity contribution in [3.63, 3.8) is 0 Å². The molecule has 0 amide bonds. The van der Waals surface area contributed by atoms with E-state index in [1.807, 2.05) is 12.1 Å². The number of rotatable bonds is 5. The number of pyridine rings is 1. The van der Waals surface area contributed by atoms with Gasteiger partial charge in [-0.2, -0.15) is 0 Å². The molecule has 0 aliphatic heterocycles. The van der Waals surface area contributed by atoms with Gasteiger partial charge in [-0.15, -0.1) is 11.3 Å². The van der Waals surface area contributed by atoms with Crippen LogP contribution >= 0.6 is 11.3 Å². The summed E-state index contributed by atoms with van der Waals surface area (Å²) in [5.41, 5.74) is 1.82. The number of benzene rings is 1. The lowest BCUT2D eigenvalue weighted by Gasteiger charge is -1.96. The maximum absolute atomic E-state index is 12.5. The molecule has 0 fully saturated rings. The van der Waals surface area contributed by atoms with Crippen LogP contribution in [0.25, 0.3) is 16.6 Å². The average molecular weight is 351 g/mol. The Hall–Kier alpha value is -3.19. The molecule has 2 heterocycles. The molecule has 3 rings (SSSR count). The van der Waals surface area contributed by atoms with Crippen LogP contribution in [0.15, 0.2) is 54.9 Å². The Morgan fingerprint density at radius 1 is 1.24 bits per heavy atom. The first-order valence-electron chi connectivity index (χ1n) is 7.40. The molecule has 7 heteroatoms. The zero-order valence-corrected chi connectivity index (χ0v) is 14.1. The standard InChI is InChI=1S/C18H13N3O3S/c1-12-17(25-18(20-12)14-6-4-10-19-11-14)16(22)9-8-13-5-2-3-7-15(13)21(23)24/h2-11H,1H3/b9-8+. The molecule has 25 heavy (non-hydrogen) atoms. The van der Waals surface area contributed by atoms with Crippen LogP contribution in [0, 0.1) is 17.0 Å². The van der Waals surface area contributed by atoms with Crippen LogP contribution in [0.4, 0.5) is 5.69 Å². The fourth-order valence-electron chi connectivity index (χ4n) is 2.27. The third-order valence-electron chi connectivity index (χ3n) is 3.48. The van der Waals surface area contributed by atoms with Gasteiger partial charge < -0.3 is 0 Å². The number of carbonyl (C=O) groups excluding carboxylic acids is 1. The Balaban J connectivity index is 1.88. The number of nitro groups is 1. The number of ketones is 1. The predicted octanol–water partition coefficient (Wildman–Crippen LogP) is 4.32. The normalized spacial score (nSPS) is 10.9. The van der Waals surface area contributed by atoms with Crippen LogP contribution in [0.2, 0.25) is 0 Å². The van der Waals surface area contributed by atoms with Crippen molar-refractivity contribution in [1.29, 1.82) is 0 Å². The molecule has 0 aliphatic carbocycles. The minimum Gasteiger partial charge on any atom is -0.288 e. The highest BCUT2D eigenvalue weighted by Crippen LogP contribution is 2.28. The van der Waals surface area contributed by atoms with Gasteiger partial charge in [0.25, 0.3) is 5.69 Å². The molecule has 0 radical (unpaired) electrons. The highest BCUT2D eigenvalue weighted by Gasteiger charge is 2.15. The Bertz CT molecular complexity index is 965. The van der Waals surface area contributed by atoms with Crippen LogP contribution in [0.1, 0.15) is 20.9 Å². The van der Waals surface area contributed by atoms with Crippen molar-refractivity contribution in [2.45, 2.75) is 6.92 Å². The number of carbonyl (C=O) groups is 1. The van der Waals surface area contributed by atoms with Gasteiger partial charge in [-0.05, 0) is 37.3 Å². The maximum atomic E-state index is 12.5. The fourth-order valence-corrected chi connectivity index (χ4v) is 3.25. The highest BCUT2D eigenvalue weighted by atomic mass is 32.1. The summed E-state index contributed by atoms with van der Waals surface area (Å²) in [6, 6.07) is 9.97. The van der Waals surface area contributed by atoms with E-state index in [4.69, 9.17) is 0 Å². The second-order valence-electron chi connectivity index (χ2n) is 5.19. The van der Waals surface area contributed by atoms with Gasteiger partial charge in [0.2, 0.25) is 0 Å². The predicted molar refractivity (Wildman–Crippen MR) is 96.5 cm³/mol. The molecule has 0 atom stereocenters. The molecule has 6 nitrogen and oxygen atoms in total. The van der Waals surface area contributed by atoms with Crippen LogP contribution in [0.5, 0.6) is 0 Å². The quantitative estimate of drug-likeness (QED) is 0.296. The lowest BCUT2D eigenvalue weighted by atomic mass is 10.1. The molecule has 3 aromatic rings. The molecule has 0 N–H and O–H groups in total. The van der Waals surface area contributed by atoms with Crippen molar-refractivity contribution in [3.8, 4) is 10.6 Å². The Morgan fingerprint density at radius 3 is 2.76 bits per heavy atom. The summed E-state index contributed by atoms with van der Waals surface area (Å²) >= 11 is 1.28. The molecule has 0 spiro atoms. The van der Waals surface area contributed by atoms with E-state index >= 15 is 0 Å². The smallest absolute Gasteiger partial charge is 0.276 e. The monoisotopic (exact) mass is 351 g/mol. The molecule has 2 aromatic heterocycles. The summed E-state index contributed by atoms with van der Waals surface area (Å²) < 4.78 is 0. The number of nitro benzene ring substituents is 1. The molecular formula is C18H13N3O3S. The average Bonchev–Trinajstić information content (AvgIpc) is 3.02. The van der Waals surface area contributed by atoms with Crippen LogP contribution in [0.3, 0.4) is 0 Å². The Morgan fingerprint density at radius 2 is 2.04 bits per heavy atom. The highest BCUT2D eigenvalue weighted by molar-refractivity contribution is 7.17. The van der Waals surface area contributed by atoms with E-state index in [1.54, 1.807) is 37.5 Å². The first-order valence-corrected chi connectivity index (χ1v) is 8.21. The molecule has 0 saturated heterocycles. The maximum Gasteiger partial charge on any atom is 0.276 e. The van der Waals surface area contributed by atoms with E-state index in [0.29, 0.717) is 21.1 Å². The zero-order valence-electron chi connectivity index (χ0n) is 13.2. The Kier molecular flexibility index (Phi) is 4.76. The first-order chi connectivity index (χ1) is 12.1. The van der Waals surface area contributed by atoms with Crippen molar-refractivity contribution in [2.24, 2.45) is 0 Å². The molecule has 124 valence electrons. The lowest BCUT2D eigenvalue weighted by molar-refractivity contribution is -0.385. The number of thiazole rings is 1. The van der Waals surface area contributed by atoms with Crippen LogP contribution in [-0.4, -0.2) is 20.7 Å². The number of nitrogens with zero attached hydrogens (tertiary/aromatic N) is 3. The topological polar surface area (TPSA) is 86.0 Å². The number of hydrogen-bond acceptors (Lipinski definition) is 6. The second kappa shape index (κ2) is 7.14. The molecule has 0 bridgehead atoms. The number of aryl methyl sites for hydroxylation is 1. The van der Waals surface area contributed by atoms with Crippen LogP contribution < -0.4 is 0 Å². The molecule has 0 unspecified atom stereocenters. The number of para-hydroxylation sites is 1. The summed E-state index contributed by atoms with van der Waals surface area (Å²) in [5, 5.41) is 11.7. The Labute approximate surface area is 147 Å². The molecular weight excluding hydrogens is 338 g/mol. The number of aromatic nitrogens is 2. The van der Waals surface area contributed by atoms with Crippen molar-refractivity contribution in [2.75, 3.05) is 0 Å². The van der Waals surface area contributed by atoms with Gasteiger partial charge in [0, 0.05) is 24.0 Å². The minimum atomic E-state index is -0.470. The van der Waals surface area contributed by atoms with Crippen molar-refractivity contribution in [1.82, 2.24) is 9.97 Å². The van der Waals surface area contributed by atoms with Gasteiger partial charge in [-0.1, -0.05) is 12.1 Å². The largest absolute Gasteiger partial charge is 0.288 e. The first kappa shape index (κ1) is 16.7. The van der Waals surface area contributed by atoms with Gasteiger partial charge >= 0.3 is 0 Å². The van der Waals surface area contributed by atoms with Gasteiger partial charge in [0.05, 0.1) is 21.1 Å². The third-order valence-corrected chi connectivity index (χ3v) is 4.70. The summed E-state index contributed by atoms with van der Waals surface area (Å²) in [7, 11) is 0. The lowest BCUT2D eigenvalue weighted by Crippen LogP contribution is -1.94. The summed E-state index contributed by atoms with van der Waals surface area (Å²) in [4.78, 5) is 32.0. The van der Waals surface area contributed by atoms with E-state index in [2.05, 4.69) is 9.97 Å². The third kappa shape index (κ3) is 3.67. The number of allylic oxidation sites excluding steroid dienone is 1. The van der Waals surface area contributed by atoms with Crippen molar-refractivity contribution >= 4 is 28.9 Å². The van der Waals surface area contributed by atoms with E-state index in [-0.39, 0.29) is 11.5 Å². The minimum absolute atomic E-state index is 0.0383. The molecule has 0 aliphatic rings. The van der Waals surface area contributed by atoms with Gasteiger partial charge in [-0.25, -0.2) is 4.98 Å². The van der Waals surface area contributed by atoms with Gasteiger partial charge in [0.15, 0.2) is 5.78 Å². The second-order valence-corrected chi connectivity index (χ2v) is 6.19.